The van der Waals surface area contributed by atoms with Crippen molar-refractivity contribution in [3.8, 4) is 0 Å². The third-order valence-electron chi connectivity index (χ3n) is 2.90. The van der Waals surface area contributed by atoms with E-state index < -0.39 is 24.4 Å². The molecule has 1 fully saturated rings. The van der Waals surface area contributed by atoms with Crippen LogP contribution in [0.5, 0.6) is 0 Å². The standard InChI is InChI=1S/C13H23F3N2O2/c1-9-5-10(17-8-13(14,15)16)7-18(6-9)11(19)20-12(2,3)4/h9-10,17H,5-8H2,1-4H3. The third kappa shape index (κ3) is 6.45. The van der Waals surface area contributed by atoms with Gasteiger partial charge in [-0.05, 0) is 33.1 Å². The van der Waals surface area contributed by atoms with Crippen molar-refractivity contribution in [2.45, 2.75) is 51.9 Å². The lowest BCUT2D eigenvalue weighted by Gasteiger charge is -2.37. The molecule has 0 radical (unpaired) electrons. The maximum Gasteiger partial charge on any atom is 0.410 e. The molecule has 0 saturated carbocycles. The van der Waals surface area contributed by atoms with Gasteiger partial charge in [0.15, 0.2) is 0 Å². The molecule has 118 valence electrons. The molecule has 0 bridgehead atoms. The fourth-order valence-corrected chi connectivity index (χ4v) is 2.24. The van der Waals surface area contributed by atoms with Crippen molar-refractivity contribution in [2.24, 2.45) is 5.92 Å². The maximum absolute atomic E-state index is 12.2. The Labute approximate surface area is 117 Å². The second-order valence-corrected chi connectivity index (χ2v) is 6.42. The van der Waals surface area contributed by atoms with Crippen molar-refractivity contribution in [1.82, 2.24) is 10.2 Å². The molecular formula is C13H23F3N2O2. The first-order valence-corrected chi connectivity index (χ1v) is 6.74. The first-order chi connectivity index (χ1) is 8.96. The summed E-state index contributed by atoms with van der Waals surface area (Å²) in [5.74, 6) is 0.141. The number of nitrogens with one attached hydrogen (secondary N) is 1. The molecule has 0 aromatic carbocycles. The van der Waals surface area contributed by atoms with Crippen molar-refractivity contribution in [2.75, 3.05) is 19.6 Å². The van der Waals surface area contributed by atoms with Crippen LogP contribution in [0, 0.1) is 5.92 Å². The second kappa shape index (κ2) is 6.20. The molecule has 0 aliphatic carbocycles. The molecular weight excluding hydrogens is 273 g/mol. The van der Waals surface area contributed by atoms with Crippen LogP contribution in [-0.2, 0) is 4.74 Å². The van der Waals surface area contributed by atoms with Crippen molar-refractivity contribution in [3.63, 3.8) is 0 Å². The van der Waals surface area contributed by atoms with Crippen LogP contribution in [0.4, 0.5) is 18.0 Å². The van der Waals surface area contributed by atoms with Crippen LogP contribution in [0.25, 0.3) is 0 Å². The van der Waals surface area contributed by atoms with E-state index >= 15 is 0 Å². The molecule has 1 rings (SSSR count). The molecule has 4 nitrogen and oxygen atoms in total. The summed E-state index contributed by atoms with van der Waals surface area (Å²) in [4.78, 5) is 13.4. The van der Waals surface area contributed by atoms with Gasteiger partial charge in [-0.3, -0.25) is 0 Å². The Balaban J connectivity index is 2.55. The van der Waals surface area contributed by atoms with Gasteiger partial charge in [0.05, 0.1) is 6.54 Å². The maximum atomic E-state index is 12.2. The number of alkyl halides is 3. The number of ether oxygens (including phenoxy) is 1. The van der Waals surface area contributed by atoms with E-state index in [-0.39, 0.29) is 18.5 Å². The lowest BCUT2D eigenvalue weighted by atomic mass is 9.96. The topological polar surface area (TPSA) is 41.6 Å². The highest BCUT2D eigenvalue weighted by atomic mass is 19.4. The molecule has 1 aliphatic rings. The van der Waals surface area contributed by atoms with Crippen LogP contribution in [0.15, 0.2) is 0 Å². The Kier molecular flexibility index (Phi) is 5.29. The van der Waals surface area contributed by atoms with Crippen molar-refractivity contribution >= 4 is 6.09 Å². The molecule has 1 amide bonds. The van der Waals surface area contributed by atoms with Gasteiger partial charge in [-0.15, -0.1) is 0 Å². The van der Waals surface area contributed by atoms with E-state index in [1.165, 1.54) is 4.90 Å². The quantitative estimate of drug-likeness (QED) is 0.852. The Morgan fingerprint density at radius 1 is 1.30 bits per heavy atom. The fourth-order valence-electron chi connectivity index (χ4n) is 2.24. The van der Waals surface area contributed by atoms with Gasteiger partial charge >= 0.3 is 12.3 Å². The van der Waals surface area contributed by atoms with Gasteiger partial charge in [0.25, 0.3) is 0 Å². The summed E-state index contributed by atoms with van der Waals surface area (Å²) in [6.07, 6.45) is -4.09. The Bertz CT molecular complexity index is 339. The first-order valence-electron chi connectivity index (χ1n) is 6.74. The zero-order chi connectivity index (χ0) is 15.6. The van der Waals surface area contributed by atoms with Crippen LogP contribution in [0.2, 0.25) is 0 Å². The summed E-state index contributed by atoms with van der Waals surface area (Å²) in [5, 5.41) is 2.47. The zero-order valence-electron chi connectivity index (χ0n) is 12.4. The lowest BCUT2D eigenvalue weighted by molar-refractivity contribution is -0.127. The number of hydrogen-bond donors (Lipinski definition) is 1. The first kappa shape index (κ1) is 17.1. The predicted molar refractivity (Wildman–Crippen MR) is 69.4 cm³/mol. The monoisotopic (exact) mass is 296 g/mol. The molecule has 0 aromatic heterocycles. The molecule has 1 heterocycles. The summed E-state index contributed by atoms with van der Waals surface area (Å²) in [6.45, 7) is 6.92. The van der Waals surface area contributed by atoms with Gasteiger partial charge in [0, 0.05) is 19.1 Å². The Morgan fingerprint density at radius 3 is 2.40 bits per heavy atom. The van der Waals surface area contributed by atoms with Gasteiger partial charge in [0.2, 0.25) is 0 Å². The number of piperidine rings is 1. The van der Waals surface area contributed by atoms with Crippen LogP contribution in [0.3, 0.4) is 0 Å². The summed E-state index contributed by atoms with van der Waals surface area (Å²) < 4.78 is 41.9. The summed E-state index contributed by atoms with van der Waals surface area (Å²) in [5.41, 5.74) is -0.605. The number of carbonyl (C=O) groups is 1. The number of likely N-dealkylation sites (tertiary alicyclic amines) is 1. The number of hydrogen-bond acceptors (Lipinski definition) is 3. The summed E-state index contributed by atoms with van der Waals surface area (Å²) in [7, 11) is 0. The largest absolute Gasteiger partial charge is 0.444 e. The average Bonchev–Trinajstić information content (AvgIpc) is 2.22. The minimum absolute atomic E-state index is 0.141. The predicted octanol–water partition coefficient (Wildman–Crippen LogP) is 2.78. The molecule has 0 aromatic rings. The Morgan fingerprint density at radius 2 is 1.90 bits per heavy atom. The van der Waals surface area contributed by atoms with Crippen LogP contribution < -0.4 is 5.32 Å². The van der Waals surface area contributed by atoms with E-state index in [2.05, 4.69) is 5.32 Å². The highest BCUT2D eigenvalue weighted by Crippen LogP contribution is 2.20. The molecule has 0 spiro atoms. The van der Waals surface area contributed by atoms with E-state index in [1.807, 2.05) is 6.92 Å². The van der Waals surface area contributed by atoms with Crippen LogP contribution in [0.1, 0.15) is 34.1 Å². The molecule has 20 heavy (non-hydrogen) atoms. The van der Waals surface area contributed by atoms with Crippen molar-refractivity contribution in [1.29, 1.82) is 0 Å². The third-order valence-corrected chi connectivity index (χ3v) is 2.90. The minimum atomic E-state index is -4.24. The van der Waals surface area contributed by atoms with E-state index in [9.17, 15) is 18.0 Å². The molecule has 1 aliphatic heterocycles. The molecule has 1 saturated heterocycles. The molecule has 2 unspecified atom stereocenters. The zero-order valence-corrected chi connectivity index (χ0v) is 12.4. The van der Waals surface area contributed by atoms with Gasteiger partial charge in [-0.2, -0.15) is 13.2 Å². The normalized spacial score (nSPS) is 24.6. The summed E-state index contributed by atoms with van der Waals surface area (Å²) >= 11 is 0. The van der Waals surface area contributed by atoms with Crippen molar-refractivity contribution < 1.29 is 22.7 Å². The van der Waals surface area contributed by atoms with Gasteiger partial charge < -0.3 is 15.0 Å². The number of carbonyl (C=O) groups excluding carboxylic acids is 1. The van der Waals surface area contributed by atoms with Gasteiger partial charge in [-0.25, -0.2) is 4.79 Å². The van der Waals surface area contributed by atoms with Crippen LogP contribution >= 0.6 is 0 Å². The smallest absolute Gasteiger partial charge is 0.410 e. The SMILES string of the molecule is CC1CC(NCC(F)(F)F)CN(C(=O)OC(C)(C)C)C1. The lowest BCUT2D eigenvalue weighted by Crippen LogP contribution is -2.53. The van der Waals surface area contributed by atoms with E-state index in [1.54, 1.807) is 20.8 Å². The summed E-state index contributed by atoms with van der Waals surface area (Å²) in [6, 6.07) is -0.354. The van der Waals surface area contributed by atoms with Gasteiger partial charge in [0.1, 0.15) is 5.60 Å². The van der Waals surface area contributed by atoms with Gasteiger partial charge in [-0.1, -0.05) is 6.92 Å². The minimum Gasteiger partial charge on any atom is -0.444 e. The number of rotatable bonds is 2. The molecule has 7 heteroatoms. The van der Waals surface area contributed by atoms with Crippen molar-refractivity contribution in [3.05, 3.63) is 0 Å². The number of halogens is 3. The highest BCUT2D eigenvalue weighted by molar-refractivity contribution is 5.68. The molecule has 1 N–H and O–H groups in total. The Hall–Kier alpha value is -0.980. The van der Waals surface area contributed by atoms with E-state index in [0.717, 1.165) is 0 Å². The van der Waals surface area contributed by atoms with Crippen LogP contribution in [-0.4, -0.2) is 48.4 Å². The molecule has 2 atom stereocenters. The number of amides is 1. The second-order valence-electron chi connectivity index (χ2n) is 6.42. The average molecular weight is 296 g/mol. The van der Waals surface area contributed by atoms with E-state index in [4.69, 9.17) is 4.74 Å². The number of nitrogens with zero attached hydrogens (tertiary/aromatic N) is 1. The van der Waals surface area contributed by atoms with E-state index in [0.29, 0.717) is 13.0 Å². The highest BCUT2D eigenvalue weighted by Gasteiger charge is 2.33. The fraction of sp³-hybridized carbons (Fsp3) is 0.923.